The van der Waals surface area contributed by atoms with Gasteiger partial charge >= 0.3 is 6.09 Å². The molecule has 2 aromatic rings. The number of carbonyl (C=O) groups excluding carboxylic acids is 2. The monoisotopic (exact) mass is 412 g/mol. The Hall–Kier alpha value is -3.03. The molecule has 1 atom stereocenters. The molecule has 0 bridgehead atoms. The van der Waals surface area contributed by atoms with E-state index >= 15 is 0 Å². The first kappa shape index (κ1) is 20.3. The minimum Gasteiger partial charge on any atom is -0.507 e. The summed E-state index contributed by atoms with van der Waals surface area (Å²) in [7, 11) is 1.85. The number of anilines is 1. The van der Waals surface area contributed by atoms with Crippen LogP contribution in [0.25, 0.3) is 11.3 Å². The number of amides is 2. The number of carbonyl (C=O) groups is 2. The first-order valence-electron chi connectivity index (χ1n) is 10.6. The molecule has 0 aliphatic heterocycles. The highest BCUT2D eigenvalue weighted by molar-refractivity contribution is 5.97. The van der Waals surface area contributed by atoms with Crippen LogP contribution in [0.2, 0.25) is 0 Å². The number of ether oxygens (including phenoxy) is 1. The fourth-order valence-electron chi connectivity index (χ4n) is 4.03. The number of nitrogens with one attached hydrogen (secondary N) is 2. The van der Waals surface area contributed by atoms with Gasteiger partial charge < -0.3 is 25.0 Å². The topological polar surface area (TPSA) is 105 Å². The Morgan fingerprint density at radius 2 is 1.97 bits per heavy atom. The fraction of sp³-hybridized carbons (Fsp3) is 0.500. The highest BCUT2D eigenvalue weighted by Crippen LogP contribution is 2.32. The van der Waals surface area contributed by atoms with E-state index in [1.54, 1.807) is 24.7 Å². The lowest BCUT2D eigenvalue weighted by Crippen LogP contribution is -2.49. The Morgan fingerprint density at radius 3 is 2.60 bits per heavy atom. The minimum absolute atomic E-state index is 0.0171. The molecule has 1 heterocycles. The molecule has 1 unspecified atom stereocenters. The Bertz CT molecular complexity index is 916. The van der Waals surface area contributed by atoms with E-state index in [0.29, 0.717) is 11.3 Å². The van der Waals surface area contributed by atoms with Gasteiger partial charge in [0.15, 0.2) is 0 Å². The van der Waals surface area contributed by atoms with E-state index in [0.717, 1.165) is 50.6 Å². The van der Waals surface area contributed by atoms with Crippen molar-refractivity contribution in [3.8, 4) is 17.0 Å². The highest BCUT2D eigenvalue weighted by atomic mass is 16.6. The quantitative estimate of drug-likeness (QED) is 0.673. The van der Waals surface area contributed by atoms with Gasteiger partial charge in [-0.1, -0.05) is 19.3 Å². The predicted octanol–water partition coefficient (Wildman–Crippen LogP) is 3.57. The molecule has 2 saturated carbocycles. The van der Waals surface area contributed by atoms with Crippen LogP contribution in [0.3, 0.4) is 0 Å². The number of aromatic hydroxyl groups is 1. The van der Waals surface area contributed by atoms with Gasteiger partial charge in [0.25, 0.3) is 0 Å². The van der Waals surface area contributed by atoms with Gasteiger partial charge in [0.05, 0.1) is 18.2 Å². The maximum absolute atomic E-state index is 13.1. The number of hydrogen-bond donors (Lipinski definition) is 3. The van der Waals surface area contributed by atoms with E-state index in [9.17, 15) is 14.7 Å². The number of phenolic OH excluding ortho intramolecular Hbond substituents is 1. The van der Waals surface area contributed by atoms with Crippen LogP contribution < -0.4 is 10.6 Å². The number of hydrogen-bond acceptors (Lipinski definition) is 5. The third kappa shape index (κ3) is 4.75. The number of nitrogens with zero attached hydrogens (tertiary/aromatic N) is 2. The zero-order valence-electron chi connectivity index (χ0n) is 17.1. The molecule has 8 heteroatoms. The predicted molar refractivity (Wildman–Crippen MR) is 112 cm³/mol. The molecule has 30 heavy (non-hydrogen) atoms. The first-order valence-corrected chi connectivity index (χ1v) is 10.6. The van der Waals surface area contributed by atoms with Crippen molar-refractivity contribution in [1.29, 1.82) is 0 Å². The molecule has 8 nitrogen and oxygen atoms in total. The van der Waals surface area contributed by atoms with Gasteiger partial charge in [0, 0.05) is 24.4 Å². The normalized spacial score (nSPS) is 17.9. The molecule has 2 aliphatic carbocycles. The molecular formula is C22H28N4O4. The molecular weight excluding hydrogens is 384 g/mol. The number of aromatic nitrogens is 2. The lowest BCUT2D eigenvalue weighted by molar-refractivity contribution is -0.119. The maximum Gasteiger partial charge on any atom is 0.408 e. The summed E-state index contributed by atoms with van der Waals surface area (Å²) in [6.07, 6.45) is 9.59. The number of rotatable bonds is 6. The first-order chi connectivity index (χ1) is 14.5. The molecule has 2 aliphatic rings. The number of aryl methyl sites for hydroxylation is 1. The second-order valence-electron chi connectivity index (χ2n) is 8.24. The number of benzene rings is 1. The van der Waals surface area contributed by atoms with Gasteiger partial charge in [-0.25, -0.2) is 9.78 Å². The van der Waals surface area contributed by atoms with Gasteiger partial charge in [-0.3, -0.25) is 4.79 Å². The number of imidazole rings is 1. The zero-order valence-corrected chi connectivity index (χ0v) is 17.1. The van der Waals surface area contributed by atoms with Crippen molar-refractivity contribution in [2.24, 2.45) is 13.0 Å². The summed E-state index contributed by atoms with van der Waals surface area (Å²) in [6, 6.07) is 4.34. The standard InChI is InChI=1S/C22H28N4O4/c1-26-13-23-12-18(26)17-10-7-15(11-19(17)27)24-21(28)20(14-5-3-2-4-6-14)25-22(29)30-16-8-9-16/h7,10-14,16,20,27H,2-6,8-9H2,1H3,(H,24,28)(H,25,29). The summed E-state index contributed by atoms with van der Waals surface area (Å²) in [5.41, 5.74) is 1.87. The van der Waals surface area contributed by atoms with Crippen molar-refractivity contribution in [1.82, 2.24) is 14.9 Å². The summed E-state index contributed by atoms with van der Waals surface area (Å²) in [5.74, 6) is -0.165. The van der Waals surface area contributed by atoms with Crippen molar-refractivity contribution in [3.05, 3.63) is 30.7 Å². The van der Waals surface area contributed by atoms with Crippen molar-refractivity contribution in [2.45, 2.75) is 57.1 Å². The van der Waals surface area contributed by atoms with E-state index in [4.69, 9.17) is 4.74 Å². The Kier molecular flexibility index (Phi) is 5.92. The van der Waals surface area contributed by atoms with E-state index in [2.05, 4.69) is 15.6 Å². The van der Waals surface area contributed by atoms with E-state index < -0.39 is 12.1 Å². The van der Waals surface area contributed by atoms with Gasteiger partial charge in [-0.2, -0.15) is 0 Å². The van der Waals surface area contributed by atoms with Gasteiger partial charge in [-0.15, -0.1) is 0 Å². The fourth-order valence-corrected chi connectivity index (χ4v) is 4.03. The highest BCUT2D eigenvalue weighted by Gasteiger charge is 2.33. The summed E-state index contributed by atoms with van der Waals surface area (Å²) in [4.78, 5) is 29.3. The smallest absolute Gasteiger partial charge is 0.408 e. The van der Waals surface area contributed by atoms with Crippen molar-refractivity contribution < 1.29 is 19.4 Å². The van der Waals surface area contributed by atoms with Crippen LogP contribution in [0.5, 0.6) is 5.75 Å². The number of phenols is 1. The third-order valence-corrected chi connectivity index (χ3v) is 5.83. The summed E-state index contributed by atoms with van der Waals surface area (Å²) in [6.45, 7) is 0. The molecule has 3 N–H and O–H groups in total. The summed E-state index contributed by atoms with van der Waals surface area (Å²) in [5, 5.41) is 16.1. The van der Waals surface area contributed by atoms with Gasteiger partial charge in [0.2, 0.25) is 5.91 Å². The Labute approximate surface area is 175 Å². The Morgan fingerprint density at radius 1 is 1.20 bits per heavy atom. The summed E-state index contributed by atoms with van der Waals surface area (Å²) < 4.78 is 7.10. The molecule has 4 rings (SSSR count). The molecule has 160 valence electrons. The average molecular weight is 412 g/mol. The molecule has 0 radical (unpaired) electrons. The molecule has 0 spiro atoms. The molecule has 0 saturated heterocycles. The minimum atomic E-state index is -0.657. The van der Waals surface area contributed by atoms with Crippen LogP contribution in [-0.4, -0.2) is 38.8 Å². The van der Waals surface area contributed by atoms with E-state index in [1.165, 1.54) is 6.07 Å². The SMILES string of the molecule is Cn1cncc1-c1ccc(NC(=O)C(NC(=O)OC2CC2)C2CCCCC2)cc1O. The van der Waals surface area contributed by atoms with Crippen LogP contribution >= 0.6 is 0 Å². The lowest BCUT2D eigenvalue weighted by Gasteiger charge is -2.29. The van der Waals surface area contributed by atoms with Gasteiger partial charge in [0.1, 0.15) is 17.9 Å². The van der Waals surface area contributed by atoms with Crippen molar-refractivity contribution in [3.63, 3.8) is 0 Å². The lowest BCUT2D eigenvalue weighted by atomic mass is 9.83. The molecule has 2 amide bonds. The maximum atomic E-state index is 13.1. The molecule has 1 aromatic carbocycles. The molecule has 1 aromatic heterocycles. The summed E-state index contributed by atoms with van der Waals surface area (Å²) >= 11 is 0. The largest absolute Gasteiger partial charge is 0.507 e. The van der Waals surface area contributed by atoms with Crippen molar-refractivity contribution >= 4 is 17.7 Å². The van der Waals surface area contributed by atoms with Crippen molar-refractivity contribution in [2.75, 3.05) is 5.32 Å². The van der Waals surface area contributed by atoms with Gasteiger partial charge in [-0.05, 0) is 43.7 Å². The third-order valence-electron chi connectivity index (χ3n) is 5.83. The van der Waals surface area contributed by atoms with Crippen LogP contribution in [0.4, 0.5) is 10.5 Å². The second kappa shape index (κ2) is 8.77. The van der Waals surface area contributed by atoms with Crippen LogP contribution in [-0.2, 0) is 16.6 Å². The average Bonchev–Trinajstić information content (AvgIpc) is 3.44. The zero-order chi connectivity index (χ0) is 21.1. The van der Waals surface area contributed by atoms with Crippen LogP contribution in [0.15, 0.2) is 30.7 Å². The van der Waals surface area contributed by atoms with Crippen LogP contribution in [0.1, 0.15) is 44.9 Å². The van der Waals surface area contributed by atoms with E-state index in [-0.39, 0.29) is 23.7 Å². The molecule has 2 fully saturated rings. The van der Waals surface area contributed by atoms with E-state index in [1.807, 2.05) is 11.6 Å². The Balaban J connectivity index is 1.47. The van der Waals surface area contributed by atoms with Crippen LogP contribution in [0, 0.1) is 5.92 Å². The number of alkyl carbamates (subject to hydrolysis) is 1. The second-order valence-corrected chi connectivity index (χ2v) is 8.24.